The molecular formula is C12H28NO2PS. The van der Waals surface area contributed by atoms with Gasteiger partial charge in [-0.1, -0.05) is 40.5 Å². The summed E-state index contributed by atoms with van der Waals surface area (Å²) in [5.41, 5.74) is 0.0627. The van der Waals surface area contributed by atoms with E-state index in [0.717, 1.165) is 19.4 Å². The van der Waals surface area contributed by atoms with E-state index in [2.05, 4.69) is 19.2 Å². The number of rotatable bonds is 10. The molecule has 0 saturated carbocycles. The molecule has 0 aromatic heterocycles. The van der Waals surface area contributed by atoms with Crippen LogP contribution < -0.4 is 5.32 Å². The van der Waals surface area contributed by atoms with Gasteiger partial charge in [0.15, 0.2) is 6.49 Å². The van der Waals surface area contributed by atoms with E-state index in [4.69, 9.17) is 16.3 Å². The highest BCUT2D eigenvalue weighted by Crippen LogP contribution is 2.47. The van der Waals surface area contributed by atoms with Gasteiger partial charge < -0.3 is 14.7 Å². The lowest BCUT2D eigenvalue weighted by Gasteiger charge is -2.19. The van der Waals surface area contributed by atoms with E-state index in [0.29, 0.717) is 12.6 Å². The Kier molecular flexibility index (Phi) is 9.75. The summed E-state index contributed by atoms with van der Waals surface area (Å²) in [6.07, 6.45) is 4.55. The number of hydrogen-bond donors (Lipinski definition) is 2. The summed E-state index contributed by atoms with van der Waals surface area (Å²) in [5, 5.41) is 3.39. The lowest BCUT2D eigenvalue weighted by Crippen LogP contribution is -2.23. The van der Waals surface area contributed by atoms with Crippen LogP contribution in [0.2, 0.25) is 0 Å². The third kappa shape index (κ3) is 10.2. The van der Waals surface area contributed by atoms with Crippen molar-refractivity contribution in [1.82, 2.24) is 5.32 Å². The third-order valence-electron chi connectivity index (χ3n) is 2.55. The summed E-state index contributed by atoms with van der Waals surface area (Å²) in [6.45, 7) is 7.32. The fourth-order valence-electron chi connectivity index (χ4n) is 1.32. The Hall–Kier alpha value is 0.530. The van der Waals surface area contributed by atoms with Gasteiger partial charge in [-0.15, -0.1) is 0 Å². The van der Waals surface area contributed by atoms with E-state index in [1.165, 1.54) is 12.8 Å². The van der Waals surface area contributed by atoms with Crippen LogP contribution in [0, 0.1) is 0 Å². The average Bonchev–Trinajstić information content (AvgIpc) is 2.21. The second kappa shape index (κ2) is 9.46. The molecule has 1 unspecified atom stereocenters. The highest BCUT2D eigenvalue weighted by atomic mass is 32.5. The topological polar surface area (TPSA) is 41.5 Å². The lowest BCUT2D eigenvalue weighted by atomic mass is 10.2. The van der Waals surface area contributed by atoms with Crippen molar-refractivity contribution in [2.24, 2.45) is 0 Å². The molecule has 0 bridgehead atoms. The molecule has 1 atom stereocenters. The molecular weight excluding hydrogens is 253 g/mol. The van der Waals surface area contributed by atoms with Crippen molar-refractivity contribution >= 4 is 18.3 Å². The van der Waals surface area contributed by atoms with Gasteiger partial charge in [0.1, 0.15) is 0 Å². The maximum Gasteiger partial charge on any atom is 0.188 e. The van der Waals surface area contributed by atoms with Crippen LogP contribution in [0.15, 0.2) is 0 Å². The molecule has 17 heavy (non-hydrogen) atoms. The molecule has 0 aliphatic rings. The number of unbranched alkanes of at least 4 members (excludes halogenated alkanes) is 3. The Morgan fingerprint density at radius 3 is 2.24 bits per heavy atom. The molecule has 0 amide bonds. The van der Waals surface area contributed by atoms with Crippen molar-refractivity contribution < 1.29 is 9.42 Å². The van der Waals surface area contributed by atoms with Gasteiger partial charge in [-0.05, 0) is 31.2 Å². The molecule has 0 radical (unpaired) electrons. The molecule has 3 nitrogen and oxygen atoms in total. The van der Waals surface area contributed by atoms with Crippen LogP contribution >= 0.6 is 6.49 Å². The molecule has 0 heterocycles. The molecule has 2 N–H and O–H groups in total. The molecule has 0 fully saturated rings. The van der Waals surface area contributed by atoms with E-state index in [9.17, 15) is 4.89 Å². The zero-order valence-electron chi connectivity index (χ0n) is 11.6. The summed E-state index contributed by atoms with van der Waals surface area (Å²) >= 11 is 5.05. The van der Waals surface area contributed by atoms with E-state index >= 15 is 0 Å². The maximum atomic E-state index is 9.79. The van der Waals surface area contributed by atoms with Crippen molar-refractivity contribution in [2.75, 3.05) is 13.2 Å². The second-order valence-corrected chi connectivity index (χ2v) is 9.00. The van der Waals surface area contributed by atoms with Gasteiger partial charge in [-0.25, -0.2) is 0 Å². The van der Waals surface area contributed by atoms with Gasteiger partial charge in [-0.3, -0.25) is 0 Å². The summed E-state index contributed by atoms with van der Waals surface area (Å²) < 4.78 is 5.40. The monoisotopic (exact) mass is 281 g/mol. The summed E-state index contributed by atoms with van der Waals surface area (Å²) in [5.74, 6) is 0. The van der Waals surface area contributed by atoms with Crippen LogP contribution in [0.4, 0.5) is 0 Å². The normalized spacial score (nSPS) is 15.5. The van der Waals surface area contributed by atoms with Crippen molar-refractivity contribution in [3.8, 4) is 0 Å². The summed E-state index contributed by atoms with van der Waals surface area (Å²) in [6, 6.07) is 0.574. The van der Waals surface area contributed by atoms with Crippen LogP contribution in [0.3, 0.4) is 0 Å². The third-order valence-corrected chi connectivity index (χ3v) is 5.99. The first-order chi connectivity index (χ1) is 7.86. The van der Waals surface area contributed by atoms with Crippen LogP contribution in [0.5, 0.6) is 0 Å². The Morgan fingerprint density at radius 2 is 1.71 bits per heavy atom. The molecule has 0 aliphatic heterocycles. The first-order valence-electron chi connectivity index (χ1n) is 6.56. The SMILES string of the molecule is CC(C)NCCCCCCOP(O)(=S)C(C)C. The number of hydrogen-bond acceptors (Lipinski definition) is 3. The zero-order valence-corrected chi connectivity index (χ0v) is 13.3. The van der Waals surface area contributed by atoms with Crippen molar-refractivity contribution in [3.63, 3.8) is 0 Å². The lowest BCUT2D eigenvalue weighted by molar-refractivity contribution is 0.291. The molecule has 0 aliphatic carbocycles. The van der Waals surface area contributed by atoms with Crippen LogP contribution in [-0.2, 0) is 16.3 Å². The van der Waals surface area contributed by atoms with Crippen LogP contribution in [-0.4, -0.2) is 29.7 Å². The first kappa shape index (κ1) is 17.5. The van der Waals surface area contributed by atoms with Gasteiger partial charge in [0.2, 0.25) is 0 Å². The molecule has 0 aromatic carbocycles. The standard InChI is InChI=1S/C12H28NO2PS/c1-11(2)13-9-7-5-6-8-10-15-16(14,17)12(3)4/h11-13H,5-10H2,1-4H3,(H,14,17). The van der Waals surface area contributed by atoms with Crippen molar-refractivity contribution in [1.29, 1.82) is 0 Å². The van der Waals surface area contributed by atoms with Gasteiger partial charge in [0, 0.05) is 11.7 Å². The van der Waals surface area contributed by atoms with Crippen molar-refractivity contribution in [3.05, 3.63) is 0 Å². The average molecular weight is 281 g/mol. The summed E-state index contributed by atoms with van der Waals surface area (Å²) in [7, 11) is 0. The molecule has 0 saturated heterocycles. The summed E-state index contributed by atoms with van der Waals surface area (Å²) in [4.78, 5) is 9.79. The molecule has 0 aromatic rings. The molecule has 0 spiro atoms. The predicted octanol–water partition coefficient (Wildman–Crippen LogP) is 3.27. The Labute approximate surface area is 112 Å². The van der Waals surface area contributed by atoms with Crippen LogP contribution in [0.1, 0.15) is 53.4 Å². The minimum Gasteiger partial charge on any atom is -0.345 e. The minimum absolute atomic E-state index is 0.0627. The molecule has 104 valence electrons. The Bertz CT molecular complexity index is 235. The Morgan fingerprint density at radius 1 is 1.12 bits per heavy atom. The van der Waals surface area contributed by atoms with E-state index in [-0.39, 0.29) is 5.66 Å². The highest BCUT2D eigenvalue weighted by molar-refractivity contribution is 8.09. The first-order valence-corrected chi connectivity index (χ1v) is 9.31. The predicted molar refractivity (Wildman–Crippen MR) is 79.2 cm³/mol. The van der Waals surface area contributed by atoms with Crippen molar-refractivity contribution in [2.45, 2.75) is 65.1 Å². The number of nitrogens with one attached hydrogen (secondary N) is 1. The van der Waals surface area contributed by atoms with Gasteiger partial charge >= 0.3 is 0 Å². The smallest absolute Gasteiger partial charge is 0.188 e. The minimum atomic E-state index is -2.52. The largest absolute Gasteiger partial charge is 0.345 e. The van der Waals surface area contributed by atoms with Gasteiger partial charge in [0.05, 0.1) is 6.61 Å². The van der Waals surface area contributed by atoms with E-state index in [1.54, 1.807) is 0 Å². The van der Waals surface area contributed by atoms with Gasteiger partial charge in [-0.2, -0.15) is 0 Å². The second-order valence-electron chi connectivity index (χ2n) is 5.01. The van der Waals surface area contributed by atoms with Crippen LogP contribution in [0.25, 0.3) is 0 Å². The fourth-order valence-corrected chi connectivity index (χ4v) is 2.23. The fraction of sp³-hybridized carbons (Fsp3) is 1.00. The highest BCUT2D eigenvalue weighted by Gasteiger charge is 2.17. The van der Waals surface area contributed by atoms with E-state index in [1.807, 2.05) is 13.8 Å². The maximum absolute atomic E-state index is 9.79. The Balaban J connectivity index is 3.33. The van der Waals surface area contributed by atoms with Gasteiger partial charge in [0.25, 0.3) is 0 Å². The quantitative estimate of drug-likeness (QED) is 0.476. The van der Waals surface area contributed by atoms with E-state index < -0.39 is 6.49 Å². The molecule has 5 heteroatoms. The zero-order chi connectivity index (χ0) is 13.3. The molecule has 0 rings (SSSR count).